The Morgan fingerprint density at radius 3 is 2.73 bits per heavy atom. The second kappa shape index (κ2) is 3.53. The summed E-state index contributed by atoms with van der Waals surface area (Å²) in [5, 5.41) is 4.15. The molecular formula is C8H15N3. The summed E-state index contributed by atoms with van der Waals surface area (Å²) in [6, 6.07) is 2.33. The van der Waals surface area contributed by atoms with Gasteiger partial charge in [0.25, 0.3) is 0 Å². The van der Waals surface area contributed by atoms with Crippen LogP contribution in [0.3, 0.4) is 0 Å². The van der Waals surface area contributed by atoms with Gasteiger partial charge >= 0.3 is 0 Å². The Balaban J connectivity index is 2.62. The summed E-state index contributed by atoms with van der Waals surface area (Å²) in [7, 11) is 0. The molecule has 0 aromatic carbocycles. The number of rotatable bonds is 3. The molecule has 0 radical (unpaired) electrons. The first-order valence-electron chi connectivity index (χ1n) is 3.95. The average Bonchev–Trinajstić information content (AvgIpc) is 2.53. The quantitative estimate of drug-likeness (QED) is 0.705. The fourth-order valence-corrected chi connectivity index (χ4v) is 0.979. The SMILES string of the molecule is CC(CN)C(C)n1cccn1. The smallest absolute Gasteiger partial charge is 0.0528 e. The van der Waals surface area contributed by atoms with Gasteiger partial charge in [0.05, 0.1) is 6.04 Å². The van der Waals surface area contributed by atoms with Crippen LogP contribution in [0.15, 0.2) is 18.5 Å². The van der Waals surface area contributed by atoms with Crippen LogP contribution >= 0.6 is 0 Å². The van der Waals surface area contributed by atoms with E-state index in [0.29, 0.717) is 18.5 Å². The van der Waals surface area contributed by atoms with E-state index in [1.807, 2.05) is 16.9 Å². The Morgan fingerprint density at radius 2 is 2.27 bits per heavy atom. The molecule has 0 spiro atoms. The minimum Gasteiger partial charge on any atom is -0.330 e. The maximum absolute atomic E-state index is 5.54. The Morgan fingerprint density at radius 1 is 1.55 bits per heavy atom. The van der Waals surface area contributed by atoms with Crippen LogP contribution in [0.4, 0.5) is 0 Å². The number of hydrogen-bond donors (Lipinski definition) is 1. The summed E-state index contributed by atoms with van der Waals surface area (Å²) >= 11 is 0. The standard InChI is InChI=1S/C8H15N3/c1-7(6-9)8(2)11-5-3-4-10-11/h3-5,7-8H,6,9H2,1-2H3. The number of hydrogen-bond acceptors (Lipinski definition) is 2. The van der Waals surface area contributed by atoms with E-state index >= 15 is 0 Å². The summed E-state index contributed by atoms with van der Waals surface area (Å²) in [6.07, 6.45) is 3.76. The first kappa shape index (κ1) is 8.27. The molecule has 0 aliphatic carbocycles. The van der Waals surface area contributed by atoms with Crippen LogP contribution in [0.1, 0.15) is 19.9 Å². The largest absolute Gasteiger partial charge is 0.330 e. The van der Waals surface area contributed by atoms with Crippen molar-refractivity contribution >= 4 is 0 Å². The second-order valence-electron chi connectivity index (χ2n) is 2.94. The van der Waals surface area contributed by atoms with Crippen LogP contribution < -0.4 is 5.73 Å². The number of aromatic nitrogens is 2. The van der Waals surface area contributed by atoms with E-state index in [4.69, 9.17) is 5.73 Å². The van der Waals surface area contributed by atoms with Gasteiger partial charge in [-0.2, -0.15) is 5.10 Å². The van der Waals surface area contributed by atoms with Gasteiger partial charge < -0.3 is 5.73 Å². The van der Waals surface area contributed by atoms with E-state index in [2.05, 4.69) is 18.9 Å². The highest BCUT2D eigenvalue weighted by Crippen LogP contribution is 2.13. The van der Waals surface area contributed by atoms with Gasteiger partial charge in [-0.05, 0) is 25.5 Å². The van der Waals surface area contributed by atoms with Crippen molar-refractivity contribution in [3.8, 4) is 0 Å². The molecule has 0 fully saturated rings. The molecule has 0 bridgehead atoms. The Labute approximate surface area is 67.2 Å². The highest BCUT2D eigenvalue weighted by atomic mass is 15.3. The molecule has 0 saturated carbocycles. The maximum Gasteiger partial charge on any atom is 0.0528 e. The molecule has 0 amide bonds. The third-order valence-electron chi connectivity index (χ3n) is 2.14. The summed E-state index contributed by atoms with van der Waals surface area (Å²) < 4.78 is 1.94. The third-order valence-corrected chi connectivity index (χ3v) is 2.14. The van der Waals surface area contributed by atoms with Gasteiger partial charge in [0.15, 0.2) is 0 Å². The molecule has 1 aromatic heterocycles. The molecule has 2 unspecified atom stereocenters. The lowest BCUT2D eigenvalue weighted by Crippen LogP contribution is -2.21. The Bertz CT molecular complexity index is 193. The lowest BCUT2D eigenvalue weighted by molar-refractivity contribution is 0.358. The monoisotopic (exact) mass is 153 g/mol. The van der Waals surface area contributed by atoms with E-state index < -0.39 is 0 Å². The van der Waals surface area contributed by atoms with Crippen LogP contribution in [0.5, 0.6) is 0 Å². The lowest BCUT2D eigenvalue weighted by atomic mass is 10.1. The Kier molecular flexibility index (Phi) is 2.65. The molecule has 11 heavy (non-hydrogen) atoms. The molecule has 0 aliphatic heterocycles. The highest BCUT2D eigenvalue weighted by molar-refractivity contribution is 4.81. The Hall–Kier alpha value is -0.830. The van der Waals surface area contributed by atoms with Crippen molar-refractivity contribution in [1.29, 1.82) is 0 Å². The van der Waals surface area contributed by atoms with E-state index in [0.717, 1.165) is 0 Å². The third kappa shape index (κ3) is 1.80. The van der Waals surface area contributed by atoms with E-state index in [1.165, 1.54) is 0 Å². The molecule has 1 rings (SSSR count). The van der Waals surface area contributed by atoms with Crippen molar-refractivity contribution in [1.82, 2.24) is 9.78 Å². The van der Waals surface area contributed by atoms with Crippen molar-refractivity contribution in [2.45, 2.75) is 19.9 Å². The van der Waals surface area contributed by atoms with Gasteiger partial charge in [-0.15, -0.1) is 0 Å². The predicted molar refractivity (Wildman–Crippen MR) is 45.2 cm³/mol. The lowest BCUT2D eigenvalue weighted by Gasteiger charge is -2.18. The molecule has 0 saturated heterocycles. The van der Waals surface area contributed by atoms with E-state index in [9.17, 15) is 0 Å². The normalized spacial score (nSPS) is 16.3. The fraction of sp³-hybridized carbons (Fsp3) is 0.625. The first-order valence-corrected chi connectivity index (χ1v) is 3.95. The topological polar surface area (TPSA) is 43.8 Å². The van der Waals surface area contributed by atoms with Crippen LogP contribution in [0.2, 0.25) is 0 Å². The van der Waals surface area contributed by atoms with Gasteiger partial charge in [0, 0.05) is 12.4 Å². The number of nitrogens with zero attached hydrogens (tertiary/aromatic N) is 2. The zero-order valence-corrected chi connectivity index (χ0v) is 7.07. The average molecular weight is 153 g/mol. The molecule has 3 nitrogen and oxygen atoms in total. The summed E-state index contributed by atoms with van der Waals surface area (Å²) in [5.41, 5.74) is 5.54. The maximum atomic E-state index is 5.54. The highest BCUT2D eigenvalue weighted by Gasteiger charge is 2.11. The first-order chi connectivity index (χ1) is 5.25. The van der Waals surface area contributed by atoms with Crippen molar-refractivity contribution < 1.29 is 0 Å². The number of nitrogens with two attached hydrogens (primary N) is 1. The minimum atomic E-state index is 0.398. The summed E-state index contributed by atoms with van der Waals surface area (Å²) in [5.74, 6) is 0.481. The van der Waals surface area contributed by atoms with Gasteiger partial charge in [-0.1, -0.05) is 6.92 Å². The van der Waals surface area contributed by atoms with Crippen molar-refractivity contribution in [3.63, 3.8) is 0 Å². The van der Waals surface area contributed by atoms with Crippen LogP contribution in [-0.2, 0) is 0 Å². The van der Waals surface area contributed by atoms with E-state index in [1.54, 1.807) is 6.20 Å². The predicted octanol–water partition coefficient (Wildman–Crippen LogP) is 1.04. The second-order valence-corrected chi connectivity index (χ2v) is 2.94. The molecular weight excluding hydrogens is 138 g/mol. The fourth-order valence-electron chi connectivity index (χ4n) is 0.979. The van der Waals surface area contributed by atoms with Gasteiger partial charge in [0.1, 0.15) is 0 Å². The van der Waals surface area contributed by atoms with Crippen LogP contribution in [-0.4, -0.2) is 16.3 Å². The molecule has 0 aliphatic rings. The van der Waals surface area contributed by atoms with Gasteiger partial charge in [-0.25, -0.2) is 0 Å². The zero-order chi connectivity index (χ0) is 8.27. The van der Waals surface area contributed by atoms with Gasteiger partial charge in [-0.3, -0.25) is 4.68 Å². The van der Waals surface area contributed by atoms with Crippen LogP contribution in [0.25, 0.3) is 0 Å². The van der Waals surface area contributed by atoms with Crippen LogP contribution in [0, 0.1) is 5.92 Å². The minimum absolute atomic E-state index is 0.398. The molecule has 2 atom stereocenters. The molecule has 62 valence electrons. The zero-order valence-electron chi connectivity index (χ0n) is 7.07. The molecule has 3 heteroatoms. The van der Waals surface area contributed by atoms with Crippen molar-refractivity contribution in [2.24, 2.45) is 11.7 Å². The van der Waals surface area contributed by atoms with Gasteiger partial charge in [0.2, 0.25) is 0 Å². The van der Waals surface area contributed by atoms with E-state index in [-0.39, 0.29) is 0 Å². The molecule has 1 heterocycles. The summed E-state index contributed by atoms with van der Waals surface area (Å²) in [6.45, 7) is 4.97. The summed E-state index contributed by atoms with van der Waals surface area (Å²) in [4.78, 5) is 0. The van der Waals surface area contributed by atoms with Crippen molar-refractivity contribution in [2.75, 3.05) is 6.54 Å². The van der Waals surface area contributed by atoms with Crippen molar-refractivity contribution in [3.05, 3.63) is 18.5 Å². The molecule has 2 N–H and O–H groups in total. The molecule has 1 aromatic rings.